The highest BCUT2D eigenvalue weighted by Crippen LogP contribution is 2.20. The summed E-state index contributed by atoms with van der Waals surface area (Å²) in [5.41, 5.74) is 3.69. The van der Waals surface area contributed by atoms with Crippen LogP contribution in [0, 0.1) is 13.8 Å². The van der Waals surface area contributed by atoms with Crippen molar-refractivity contribution >= 4 is 9.84 Å². The Balaban J connectivity index is 1.74. The highest BCUT2D eigenvalue weighted by Gasteiger charge is 2.23. The molecule has 0 aromatic carbocycles. The zero-order chi connectivity index (χ0) is 19.1. The van der Waals surface area contributed by atoms with E-state index < -0.39 is 15.9 Å². The summed E-state index contributed by atoms with van der Waals surface area (Å²) < 4.78 is 24.5. The van der Waals surface area contributed by atoms with E-state index in [-0.39, 0.29) is 11.2 Å². The van der Waals surface area contributed by atoms with Crippen LogP contribution in [0.5, 0.6) is 0 Å². The number of nitrogens with zero attached hydrogens (tertiary/aromatic N) is 3. The molecular formula is C17H24N4O4S. The molecule has 3 heterocycles. The molecule has 2 aromatic rings. The first kappa shape index (κ1) is 18.8. The van der Waals surface area contributed by atoms with Crippen molar-refractivity contribution in [2.45, 2.75) is 39.6 Å². The number of hydrogen-bond donors (Lipinski definition) is 2. The average Bonchev–Trinajstić information content (AvgIpc) is 2.97. The second-order valence-corrected chi connectivity index (χ2v) is 9.19. The van der Waals surface area contributed by atoms with E-state index in [1.165, 1.54) is 0 Å². The van der Waals surface area contributed by atoms with Crippen molar-refractivity contribution in [3.63, 3.8) is 0 Å². The summed E-state index contributed by atoms with van der Waals surface area (Å²) in [6.45, 7) is 6.26. The van der Waals surface area contributed by atoms with Crippen molar-refractivity contribution in [3.05, 3.63) is 50.7 Å². The van der Waals surface area contributed by atoms with Gasteiger partial charge >= 0.3 is 0 Å². The van der Waals surface area contributed by atoms with E-state index in [0.29, 0.717) is 30.9 Å². The van der Waals surface area contributed by atoms with Gasteiger partial charge in [-0.05, 0) is 19.9 Å². The molecule has 0 radical (unpaired) electrons. The predicted octanol–water partition coefficient (Wildman–Crippen LogP) is 0.282. The molecule has 1 aliphatic rings. The maximum atomic E-state index is 12.1. The fourth-order valence-electron chi connectivity index (χ4n) is 3.20. The zero-order valence-corrected chi connectivity index (χ0v) is 16.0. The van der Waals surface area contributed by atoms with E-state index >= 15 is 0 Å². The molecule has 0 saturated carbocycles. The summed E-state index contributed by atoms with van der Waals surface area (Å²) in [6.07, 6.45) is 1.71. The molecule has 3 rings (SSSR count). The second kappa shape index (κ2) is 6.98. The van der Waals surface area contributed by atoms with Crippen LogP contribution >= 0.6 is 0 Å². The molecule has 1 aliphatic heterocycles. The lowest BCUT2D eigenvalue weighted by Crippen LogP contribution is -2.34. The third kappa shape index (κ3) is 4.05. The van der Waals surface area contributed by atoms with Crippen molar-refractivity contribution < 1.29 is 13.5 Å². The standard InChI is InChI=1S/C17H24N4O4S/c1-11-7-18-15(12(2)17(11)23)9-20-4-5-21-13(8-20)6-14(19-21)16(22)10-26(3,24)25/h6-7,16,22H,4-5,8-10H2,1-3H3,(H,18,23)/t16-/m0/s1. The number of sulfone groups is 1. The van der Waals surface area contributed by atoms with Crippen LogP contribution in [0.4, 0.5) is 0 Å². The van der Waals surface area contributed by atoms with E-state index in [9.17, 15) is 18.3 Å². The van der Waals surface area contributed by atoms with Gasteiger partial charge in [-0.1, -0.05) is 0 Å². The van der Waals surface area contributed by atoms with Crippen LogP contribution in [0.15, 0.2) is 17.1 Å². The van der Waals surface area contributed by atoms with Gasteiger partial charge in [0.2, 0.25) is 0 Å². The van der Waals surface area contributed by atoms with Gasteiger partial charge in [-0.15, -0.1) is 0 Å². The van der Waals surface area contributed by atoms with Gasteiger partial charge in [0.25, 0.3) is 0 Å². The minimum Gasteiger partial charge on any atom is -0.386 e. The number of pyridine rings is 1. The minimum absolute atomic E-state index is 0.0620. The van der Waals surface area contributed by atoms with Crippen LogP contribution in [-0.4, -0.2) is 51.7 Å². The number of rotatable bonds is 5. The first-order valence-electron chi connectivity index (χ1n) is 8.46. The van der Waals surface area contributed by atoms with Crippen molar-refractivity contribution in [1.82, 2.24) is 19.7 Å². The molecule has 2 aromatic heterocycles. The number of nitrogens with one attached hydrogen (secondary N) is 1. The highest BCUT2D eigenvalue weighted by atomic mass is 32.2. The van der Waals surface area contributed by atoms with Gasteiger partial charge in [-0.2, -0.15) is 5.10 Å². The number of aromatic amines is 1. The first-order chi connectivity index (χ1) is 12.1. The Morgan fingerprint density at radius 2 is 2.08 bits per heavy atom. The lowest BCUT2D eigenvalue weighted by molar-refractivity contribution is 0.190. The molecule has 0 aliphatic carbocycles. The van der Waals surface area contributed by atoms with Crippen molar-refractivity contribution in [2.24, 2.45) is 0 Å². The summed E-state index contributed by atoms with van der Waals surface area (Å²) >= 11 is 0. The second-order valence-electron chi connectivity index (χ2n) is 7.01. The van der Waals surface area contributed by atoms with E-state index in [1.54, 1.807) is 19.2 Å². The summed E-state index contributed by atoms with van der Waals surface area (Å²) in [6, 6.07) is 1.76. The van der Waals surface area contributed by atoms with Gasteiger partial charge in [0.1, 0.15) is 15.9 Å². The van der Waals surface area contributed by atoms with Crippen LogP contribution in [0.1, 0.15) is 34.3 Å². The topological polar surface area (TPSA) is 108 Å². The van der Waals surface area contributed by atoms with Crippen molar-refractivity contribution in [3.8, 4) is 0 Å². The summed E-state index contributed by atoms with van der Waals surface area (Å²) in [4.78, 5) is 17.5. The Morgan fingerprint density at radius 1 is 1.35 bits per heavy atom. The quantitative estimate of drug-likeness (QED) is 0.771. The fraction of sp³-hybridized carbons (Fsp3) is 0.529. The number of aromatic nitrogens is 3. The molecule has 0 bridgehead atoms. The molecule has 8 nitrogen and oxygen atoms in total. The zero-order valence-electron chi connectivity index (χ0n) is 15.2. The number of hydrogen-bond acceptors (Lipinski definition) is 6. The Morgan fingerprint density at radius 3 is 2.77 bits per heavy atom. The van der Waals surface area contributed by atoms with Crippen LogP contribution in [0.3, 0.4) is 0 Å². The van der Waals surface area contributed by atoms with Crippen LogP contribution in [0.25, 0.3) is 0 Å². The monoisotopic (exact) mass is 380 g/mol. The van der Waals surface area contributed by atoms with Crippen LogP contribution < -0.4 is 5.43 Å². The Labute approximate surface area is 152 Å². The number of aliphatic hydroxyl groups excluding tert-OH is 1. The molecule has 26 heavy (non-hydrogen) atoms. The number of aliphatic hydroxyl groups is 1. The molecular weight excluding hydrogens is 356 g/mol. The maximum Gasteiger partial charge on any atom is 0.187 e. The molecule has 142 valence electrons. The fourth-order valence-corrected chi connectivity index (χ4v) is 3.95. The van der Waals surface area contributed by atoms with E-state index in [4.69, 9.17) is 0 Å². The normalized spacial score (nSPS) is 16.5. The van der Waals surface area contributed by atoms with E-state index in [1.807, 2.05) is 11.6 Å². The molecule has 0 amide bonds. The highest BCUT2D eigenvalue weighted by molar-refractivity contribution is 7.90. The van der Waals surface area contributed by atoms with Gasteiger partial charge in [-0.25, -0.2) is 8.42 Å². The summed E-state index contributed by atoms with van der Waals surface area (Å²) in [5, 5.41) is 14.4. The molecule has 9 heteroatoms. The number of H-pyrrole nitrogens is 1. The average molecular weight is 380 g/mol. The van der Waals surface area contributed by atoms with Crippen molar-refractivity contribution in [2.75, 3.05) is 18.6 Å². The molecule has 0 fully saturated rings. The Hall–Kier alpha value is -1.97. The first-order valence-corrected chi connectivity index (χ1v) is 10.5. The molecule has 0 saturated heterocycles. The van der Waals surface area contributed by atoms with Gasteiger partial charge < -0.3 is 10.1 Å². The molecule has 2 N–H and O–H groups in total. The third-order valence-electron chi connectivity index (χ3n) is 4.69. The molecule has 0 unspecified atom stereocenters. The Bertz CT molecular complexity index is 977. The largest absolute Gasteiger partial charge is 0.386 e. The smallest absolute Gasteiger partial charge is 0.187 e. The van der Waals surface area contributed by atoms with Crippen LogP contribution in [0.2, 0.25) is 0 Å². The number of fused-ring (bicyclic) bond motifs is 1. The minimum atomic E-state index is -3.28. The maximum absolute atomic E-state index is 12.1. The van der Waals surface area contributed by atoms with E-state index in [2.05, 4.69) is 15.0 Å². The van der Waals surface area contributed by atoms with Gasteiger partial charge in [0, 0.05) is 48.9 Å². The number of aryl methyl sites for hydroxylation is 1. The lowest BCUT2D eigenvalue weighted by atomic mass is 10.1. The summed E-state index contributed by atoms with van der Waals surface area (Å²) in [5.74, 6) is -0.336. The van der Waals surface area contributed by atoms with Gasteiger partial charge in [-0.3, -0.25) is 14.4 Å². The van der Waals surface area contributed by atoms with Crippen molar-refractivity contribution in [1.29, 1.82) is 0 Å². The SMILES string of the molecule is Cc1c[nH]c(CN2CCn3nc([C@@H](O)CS(C)(=O)=O)cc3C2)c(C)c1=O. The van der Waals surface area contributed by atoms with Crippen LogP contribution in [-0.2, 0) is 29.5 Å². The molecule has 0 spiro atoms. The van der Waals surface area contributed by atoms with E-state index in [0.717, 1.165) is 29.8 Å². The van der Waals surface area contributed by atoms with Gasteiger partial charge in [0.05, 0.1) is 23.7 Å². The molecule has 1 atom stereocenters. The third-order valence-corrected chi connectivity index (χ3v) is 5.62. The predicted molar refractivity (Wildman–Crippen MR) is 97.5 cm³/mol. The Kier molecular flexibility index (Phi) is 5.05. The summed E-state index contributed by atoms with van der Waals surface area (Å²) in [7, 11) is -3.28. The van der Waals surface area contributed by atoms with Gasteiger partial charge in [0.15, 0.2) is 5.43 Å². The lowest BCUT2D eigenvalue weighted by Gasteiger charge is -2.27.